The van der Waals surface area contributed by atoms with E-state index in [-0.39, 0.29) is 17.3 Å². The largest absolute Gasteiger partial charge is 0.455 e. The lowest BCUT2D eigenvalue weighted by Crippen LogP contribution is -2.27. The highest BCUT2D eigenvalue weighted by Crippen LogP contribution is 2.23. The second-order valence-electron chi connectivity index (χ2n) is 7.14. The molecule has 0 aliphatic heterocycles. The quantitative estimate of drug-likeness (QED) is 0.247. The van der Waals surface area contributed by atoms with Crippen LogP contribution in [0, 0.1) is 0 Å². The third-order valence-corrected chi connectivity index (χ3v) is 5.58. The lowest BCUT2D eigenvalue weighted by atomic mass is 10.2. The van der Waals surface area contributed by atoms with Crippen LogP contribution in [0.15, 0.2) is 55.0 Å². The molecule has 12 nitrogen and oxygen atoms in total. The van der Waals surface area contributed by atoms with E-state index >= 15 is 0 Å². The van der Waals surface area contributed by atoms with Crippen LogP contribution in [0.25, 0.3) is 17.1 Å². The molecule has 0 fully saturated rings. The predicted molar refractivity (Wildman–Crippen MR) is 127 cm³/mol. The van der Waals surface area contributed by atoms with Crippen molar-refractivity contribution in [3.8, 4) is 17.1 Å². The van der Waals surface area contributed by atoms with Gasteiger partial charge in [-0.15, -0.1) is 5.10 Å². The van der Waals surface area contributed by atoms with Crippen LogP contribution in [0.1, 0.15) is 35.8 Å². The average Bonchev–Trinajstić information content (AvgIpc) is 3.57. The van der Waals surface area contributed by atoms with Crippen molar-refractivity contribution in [1.82, 2.24) is 35.6 Å². The van der Waals surface area contributed by atoms with E-state index in [1.807, 2.05) is 44.2 Å². The Balaban J connectivity index is 1.51. The second kappa shape index (κ2) is 10.4. The standard InChI is InChI=1S/C21H22BrN9O3/c1-3-30(4-2)12-16-18(25-29-31(16)20-19(23)27-34-28-20)21(32)26-24-11-15-9-10-17(33-15)13-5-7-14(22)8-6-13/h5-11H,3-4,12H2,1-2H3,(H2,23,27)(H,26,32)/b24-11-. The molecule has 0 saturated carbocycles. The van der Waals surface area contributed by atoms with Crippen molar-refractivity contribution in [3.05, 3.63) is 58.0 Å². The lowest BCUT2D eigenvalue weighted by Gasteiger charge is -2.18. The van der Waals surface area contributed by atoms with E-state index in [1.54, 1.807) is 6.07 Å². The fourth-order valence-corrected chi connectivity index (χ4v) is 3.45. The fourth-order valence-electron chi connectivity index (χ4n) is 3.19. The molecule has 34 heavy (non-hydrogen) atoms. The smallest absolute Gasteiger partial charge is 0.293 e. The van der Waals surface area contributed by atoms with E-state index in [4.69, 9.17) is 10.2 Å². The second-order valence-corrected chi connectivity index (χ2v) is 8.05. The summed E-state index contributed by atoms with van der Waals surface area (Å²) >= 11 is 3.41. The molecule has 176 valence electrons. The molecule has 13 heteroatoms. The monoisotopic (exact) mass is 527 g/mol. The summed E-state index contributed by atoms with van der Waals surface area (Å²) in [6.07, 6.45) is 1.41. The minimum absolute atomic E-state index is 0.0371. The molecule has 0 bridgehead atoms. The van der Waals surface area contributed by atoms with Crippen LogP contribution < -0.4 is 11.2 Å². The molecule has 0 radical (unpaired) electrons. The van der Waals surface area contributed by atoms with Crippen molar-refractivity contribution in [2.45, 2.75) is 20.4 Å². The van der Waals surface area contributed by atoms with Gasteiger partial charge in [0.25, 0.3) is 5.91 Å². The van der Waals surface area contributed by atoms with E-state index in [0.29, 0.717) is 23.8 Å². The zero-order valence-electron chi connectivity index (χ0n) is 18.5. The number of hydrogen-bond donors (Lipinski definition) is 2. The van der Waals surface area contributed by atoms with Crippen molar-refractivity contribution < 1.29 is 13.8 Å². The van der Waals surface area contributed by atoms with E-state index in [1.165, 1.54) is 10.9 Å². The van der Waals surface area contributed by atoms with Crippen LogP contribution >= 0.6 is 15.9 Å². The average molecular weight is 528 g/mol. The number of benzene rings is 1. The maximum absolute atomic E-state index is 12.9. The predicted octanol–water partition coefficient (Wildman–Crippen LogP) is 2.86. The zero-order valence-corrected chi connectivity index (χ0v) is 20.1. The Bertz CT molecular complexity index is 1290. The van der Waals surface area contributed by atoms with Crippen LogP contribution in [0.4, 0.5) is 5.82 Å². The summed E-state index contributed by atoms with van der Waals surface area (Å²) in [5.74, 6) is 0.818. The van der Waals surface area contributed by atoms with Crippen molar-refractivity contribution in [3.63, 3.8) is 0 Å². The van der Waals surface area contributed by atoms with Crippen molar-refractivity contribution in [1.29, 1.82) is 0 Å². The Morgan fingerprint density at radius 3 is 2.65 bits per heavy atom. The van der Waals surface area contributed by atoms with Gasteiger partial charge in [0.2, 0.25) is 11.6 Å². The molecule has 4 aromatic rings. The summed E-state index contributed by atoms with van der Waals surface area (Å²) in [4.78, 5) is 14.9. The minimum Gasteiger partial charge on any atom is -0.455 e. The number of carbonyl (C=O) groups excluding carboxylic acids is 1. The Labute approximate surface area is 202 Å². The Hall–Kier alpha value is -3.84. The highest BCUT2D eigenvalue weighted by molar-refractivity contribution is 9.10. The molecule has 1 aromatic carbocycles. The SMILES string of the molecule is CCN(CC)Cc1c(C(=O)N/N=C\c2ccc(-c3ccc(Br)cc3)o2)nnn1-c1nonc1N. The van der Waals surface area contributed by atoms with Crippen molar-refractivity contribution in [2.75, 3.05) is 18.8 Å². The Morgan fingerprint density at radius 1 is 1.21 bits per heavy atom. The van der Waals surface area contributed by atoms with Crippen molar-refractivity contribution in [2.24, 2.45) is 5.10 Å². The first-order valence-corrected chi connectivity index (χ1v) is 11.2. The van der Waals surface area contributed by atoms with Gasteiger partial charge in [-0.3, -0.25) is 9.69 Å². The number of aromatic nitrogens is 5. The van der Waals surface area contributed by atoms with E-state index in [2.05, 4.69) is 56.6 Å². The fraction of sp³-hybridized carbons (Fsp3) is 0.238. The van der Waals surface area contributed by atoms with Crippen LogP contribution in [0.2, 0.25) is 0 Å². The normalized spacial score (nSPS) is 11.5. The number of hydrogen-bond acceptors (Lipinski definition) is 10. The van der Waals surface area contributed by atoms with Crippen LogP contribution in [-0.4, -0.2) is 55.4 Å². The van der Waals surface area contributed by atoms with Crippen molar-refractivity contribution >= 4 is 33.9 Å². The zero-order chi connectivity index (χ0) is 24.1. The maximum Gasteiger partial charge on any atom is 0.293 e. The van der Waals surface area contributed by atoms with Gasteiger partial charge in [0, 0.05) is 16.6 Å². The highest BCUT2D eigenvalue weighted by Gasteiger charge is 2.25. The number of amides is 1. The third kappa shape index (κ3) is 5.05. The van der Waals surface area contributed by atoms with E-state index in [9.17, 15) is 4.79 Å². The molecule has 0 aliphatic rings. The van der Waals surface area contributed by atoms with Gasteiger partial charge < -0.3 is 10.2 Å². The van der Waals surface area contributed by atoms with Gasteiger partial charge in [-0.05, 0) is 47.7 Å². The molecule has 0 spiro atoms. The molecule has 0 unspecified atom stereocenters. The number of hydrazone groups is 1. The van der Waals surface area contributed by atoms with Gasteiger partial charge >= 0.3 is 0 Å². The molecule has 0 aliphatic carbocycles. The minimum atomic E-state index is -0.542. The topological polar surface area (TPSA) is 153 Å². The number of nitrogens with zero attached hydrogens (tertiary/aromatic N) is 7. The van der Waals surface area contributed by atoms with Gasteiger partial charge in [-0.1, -0.05) is 47.1 Å². The molecule has 3 heterocycles. The van der Waals surface area contributed by atoms with Gasteiger partial charge in [-0.2, -0.15) is 9.78 Å². The Morgan fingerprint density at radius 2 is 1.97 bits per heavy atom. The summed E-state index contributed by atoms with van der Waals surface area (Å²) in [5, 5.41) is 19.4. The summed E-state index contributed by atoms with van der Waals surface area (Å²) in [7, 11) is 0. The van der Waals surface area contributed by atoms with Gasteiger partial charge in [0.1, 0.15) is 11.5 Å². The molecule has 0 atom stereocenters. The summed E-state index contributed by atoms with van der Waals surface area (Å²) in [6, 6.07) is 11.3. The van der Waals surface area contributed by atoms with Gasteiger partial charge in [-0.25, -0.2) is 10.1 Å². The first kappa shape index (κ1) is 23.3. The number of nitrogen functional groups attached to an aromatic ring is 1. The van der Waals surface area contributed by atoms with Crippen LogP contribution in [-0.2, 0) is 6.54 Å². The van der Waals surface area contributed by atoms with Gasteiger partial charge in [0.05, 0.1) is 11.9 Å². The maximum atomic E-state index is 12.9. The molecular formula is C21H22BrN9O3. The molecule has 4 rings (SSSR count). The van der Waals surface area contributed by atoms with Crippen LogP contribution in [0.5, 0.6) is 0 Å². The third-order valence-electron chi connectivity index (χ3n) is 5.06. The first-order chi connectivity index (χ1) is 16.5. The molecule has 1 amide bonds. The lowest BCUT2D eigenvalue weighted by molar-refractivity contribution is 0.0948. The number of nitrogens with two attached hydrogens (primary N) is 1. The summed E-state index contributed by atoms with van der Waals surface area (Å²) < 4.78 is 12.8. The highest BCUT2D eigenvalue weighted by atomic mass is 79.9. The number of carbonyl (C=O) groups is 1. The molecule has 3 N–H and O–H groups in total. The van der Waals surface area contributed by atoms with Gasteiger partial charge in [0.15, 0.2) is 5.69 Å². The molecule has 3 aromatic heterocycles. The number of anilines is 1. The molecule has 0 saturated heterocycles. The van der Waals surface area contributed by atoms with Crippen LogP contribution in [0.3, 0.4) is 0 Å². The van der Waals surface area contributed by atoms with E-state index < -0.39 is 5.91 Å². The number of halogens is 1. The first-order valence-electron chi connectivity index (χ1n) is 10.4. The Kier molecular flexibility index (Phi) is 7.13. The number of nitrogens with one attached hydrogen (secondary N) is 1. The van der Waals surface area contributed by atoms with E-state index in [0.717, 1.165) is 23.1 Å². The molecular weight excluding hydrogens is 506 g/mol. The number of rotatable bonds is 9. The summed E-state index contributed by atoms with van der Waals surface area (Å²) in [5.41, 5.74) is 9.77. The summed E-state index contributed by atoms with van der Waals surface area (Å²) in [6.45, 7) is 5.92. The number of furan rings is 1.